The van der Waals surface area contributed by atoms with Gasteiger partial charge in [-0.2, -0.15) is 0 Å². The zero-order valence-electron chi connectivity index (χ0n) is 4.78. The van der Waals surface area contributed by atoms with Gasteiger partial charge in [0.05, 0.1) is 5.92 Å². The topological polar surface area (TPSA) is 17.1 Å². The lowest BCUT2D eigenvalue weighted by molar-refractivity contribution is -0.182. The quantitative estimate of drug-likeness (QED) is 0.551. The van der Waals surface area contributed by atoms with Crippen LogP contribution in [0, 0.1) is 5.92 Å². The second-order valence-corrected chi connectivity index (χ2v) is 2.65. The fourth-order valence-corrected chi connectivity index (χ4v) is 1.03. The van der Waals surface area contributed by atoms with Gasteiger partial charge in [0.15, 0.2) is 6.17 Å². The summed E-state index contributed by atoms with van der Waals surface area (Å²) < 4.78 is 36.1. The molecule has 1 rings (SSSR count). The van der Waals surface area contributed by atoms with Crippen molar-refractivity contribution in [2.45, 2.75) is 18.5 Å². The number of halogens is 4. The number of carbonyl (C=O) groups is 1. The Labute approximate surface area is 60.2 Å². The summed E-state index contributed by atoms with van der Waals surface area (Å²) in [5.41, 5.74) is 0. The van der Waals surface area contributed by atoms with Crippen molar-refractivity contribution < 1.29 is 18.0 Å². The van der Waals surface area contributed by atoms with Crippen molar-refractivity contribution in [3.05, 3.63) is 0 Å². The average Bonchev–Trinajstić information content (AvgIpc) is 1.82. The van der Waals surface area contributed by atoms with Crippen LogP contribution in [-0.2, 0) is 4.79 Å². The van der Waals surface area contributed by atoms with Crippen LogP contribution in [0.15, 0.2) is 0 Å². The minimum absolute atomic E-state index is 0.753. The van der Waals surface area contributed by atoms with Crippen molar-refractivity contribution >= 4 is 16.8 Å². The summed E-state index contributed by atoms with van der Waals surface area (Å²) in [6, 6.07) is 0. The molecule has 0 bridgehead atoms. The third-order valence-corrected chi connectivity index (χ3v) is 1.82. The van der Waals surface area contributed by atoms with Crippen molar-refractivity contribution in [1.29, 1.82) is 0 Å². The maximum Gasteiger partial charge on any atom is 0.280 e. The summed E-state index contributed by atoms with van der Waals surface area (Å²) in [5, 5.41) is -1.02. The molecule has 1 aliphatic carbocycles. The number of hydrogen-bond donors (Lipinski definition) is 0. The molecule has 2 atom stereocenters. The minimum atomic E-state index is -3.34. The Morgan fingerprint density at radius 1 is 1.60 bits per heavy atom. The van der Waals surface area contributed by atoms with Crippen molar-refractivity contribution in [2.75, 3.05) is 0 Å². The van der Waals surface area contributed by atoms with Crippen molar-refractivity contribution in [2.24, 2.45) is 5.92 Å². The Balaban J connectivity index is 2.55. The van der Waals surface area contributed by atoms with Crippen molar-refractivity contribution in [1.82, 2.24) is 0 Å². The van der Waals surface area contributed by atoms with Crippen LogP contribution in [0.25, 0.3) is 0 Å². The van der Waals surface area contributed by atoms with Gasteiger partial charge in [0.25, 0.3) is 5.92 Å². The molecular formula is C5H4ClF3O. The van der Waals surface area contributed by atoms with E-state index in [4.69, 9.17) is 11.6 Å². The van der Waals surface area contributed by atoms with Gasteiger partial charge in [-0.1, -0.05) is 0 Å². The zero-order valence-corrected chi connectivity index (χ0v) is 5.54. The van der Waals surface area contributed by atoms with Gasteiger partial charge in [0.1, 0.15) is 0 Å². The number of hydrogen-bond acceptors (Lipinski definition) is 1. The molecule has 1 aliphatic rings. The van der Waals surface area contributed by atoms with Gasteiger partial charge >= 0.3 is 0 Å². The second kappa shape index (κ2) is 2.12. The molecule has 10 heavy (non-hydrogen) atoms. The Hall–Kier alpha value is -0.250. The molecule has 0 aromatic heterocycles. The summed E-state index contributed by atoms with van der Waals surface area (Å²) in [6.07, 6.45) is -3.13. The highest BCUT2D eigenvalue weighted by molar-refractivity contribution is 6.64. The highest BCUT2D eigenvalue weighted by Gasteiger charge is 2.59. The Bertz CT molecular complexity index is 170. The van der Waals surface area contributed by atoms with E-state index in [-0.39, 0.29) is 0 Å². The van der Waals surface area contributed by atoms with E-state index < -0.39 is 29.7 Å². The van der Waals surface area contributed by atoms with Gasteiger partial charge in [-0.05, 0) is 11.6 Å². The first kappa shape index (κ1) is 7.85. The lowest BCUT2D eigenvalue weighted by Gasteiger charge is -2.36. The summed E-state index contributed by atoms with van der Waals surface area (Å²) in [6.45, 7) is 0. The lowest BCUT2D eigenvalue weighted by atomic mass is 9.80. The molecular weight excluding hydrogens is 169 g/mol. The average molecular weight is 173 g/mol. The molecule has 0 aromatic carbocycles. The number of rotatable bonds is 1. The van der Waals surface area contributed by atoms with Gasteiger partial charge in [0.2, 0.25) is 5.24 Å². The van der Waals surface area contributed by atoms with E-state index in [1.165, 1.54) is 0 Å². The van der Waals surface area contributed by atoms with Gasteiger partial charge in [-0.3, -0.25) is 4.79 Å². The first-order valence-corrected chi connectivity index (χ1v) is 3.04. The van der Waals surface area contributed by atoms with E-state index in [1.54, 1.807) is 0 Å². The van der Waals surface area contributed by atoms with Crippen LogP contribution in [-0.4, -0.2) is 17.3 Å². The van der Waals surface area contributed by atoms with Crippen LogP contribution in [0.3, 0.4) is 0 Å². The molecule has 0 aromatic rings. The van der Waals surface area contributed by atoms with Gasteiger partial charge in [-0.15, -0.1) is 0 Å². The van der Waals surface area contributed by atoms with Crippen molar-refractivity contribution in [3.8, 4) is 0 Å². The molecule has 0 heterocycles. The largest absolute Gasteiger partial charge is 0.281 e. The van der Waals surface area contributed by atoms with Gasteiger partial charge in [0, 0.05) is 6.42 Å². The fraction of sp³-hybridized carbons (Fsp3) is 0.800. The van der Waals surface area contributed by atoms with Crippen molar-refractivity contribution in [3.63, 3.8) is 0 Å². The van der Waals surface area contributed by atoms with Crippen LogP contribution >= 0.6 is 11.6 Å². The third-order valence-electron chi connectivity index (χ3n) is 1.54. The van der Waals surface area contributed by atoms with E-state index in [9.17, 15) is 18.0 Å². The van der Waals surface area contributed by atoms with E-state index in [0.717, 1.165) is 0 Å². The van der Waals surface area contributed by atoms with E-state index >= 15 is 0 Å². The van der Waals surface area contributed by atoms with Crippen LogP contribution in [0.1, 0.15) is 6.42 Å². The van der Waals surface area contributed by atoms with Gasteiger partial charge in [-0.25, -0.2) is 13.2 Å². The van der Waals surface area contributed by atoms with Crippen LogP contribution < -0.4 is 0 Å². The molecule has 0 amide bonds. The van der Waals surface area contributed by atoms with Crippen LogP contribution in [0.2, 0.25) is 0 Å². The predicted molar refractivity (Wildman–Crippen MR) is 28.8 cm³/mol. The molecule has 1 saturated carbocycles. The van der Waals surface area contributed by atoms with Gasteiger partial charge < -0.3 is 0 Å². The molecule has 2 unspecified atom stereocenters. The predicted octanol–water partition coefficient (Wildman–Crippen LogP) is 1.75. The molecule has 0 N–H and O–H groups in total. The second-order valence-electron chi connectivity index (χ2n) is 2.28. The smallest absolute Gasteiger partial charge is 0.280 e. The monoisotopic (exact) mass is 172 g/mol. The van der Waals surface area contributed by atoms with Crippen LogP contribution in [0.5, 0.6) is 0 Å². The maximum atomic E-state index is 12.2. The van der Waals surface area contributed by atoms with Crippen LogP contribution in [0.4, 0.5) is 13.2 Å². The molecule has 58 valence electrons. The first-order chi connectivity index (χ1) is 4.45. The molecule has 1 fully saturated rings. The lowest BCUT2D eigenvalue weighted by Crippen LogP contribution is -2.51. The summed E-state index contributed by atoms with van der Waals surface area (Å²) in [7, 11) is 0. The zero-order chi connectivity index (χ0) is 7.94. The molecule has 0 saturated heterocycles. The van der Waals surface area contributed by atoms with E-state index in [2.05, 4.69) is 0 Å². The Morgan fingerprint density at radius 3 is 2.20 bits per heavy atom. The standard InChI is InChI=1S/C5H4ClF3O/c6-4(10)2-1-5(8,9)3(2)7/h2-3H,1H2. The summed E-state index contributed by atoms with van der Waals surface area (Å²) in [4.78, 5) is 10.1. The fourth-order valence-electron chi connectivity index (χ4n) is 0.838. The Kier molecular flexibility index (Phi) is 1.66. The number of alkyl halides is 3. The van der Waals surface area contributed by atoms with E-state index in [1.807, 2.05) is 0 Å². The maximum absolute atomic E-state index is 12.2. The molecule has 1 nitrogen and oxygen atoms in total. The molecule has 0 spiro atoms. The van der Waals surface area contributed by atoms with E-state index in [0.29, 0.717) is 0 Å². The molecule has 5 heteroatoms. The summed E-state index contributed by atoms with van der Waals surface area (Å²) in [5.74, 6) is -4.63. The molecule has 0 radical (unpaired) electrons. The highest BCUT2D eigenvalue weighted by atomic mass is 35.5. The summed E-state index contributed by atoms with van der Waals surface area (Å²) >= 11 is 4.79. The SMILES string of the molecule is O=C(Cl)C1CC(F)(F)C1F. The number of carbonyl (C=O) groups excluding carboxylic acids is 1. The Morgan fingerprint density at radius 2 is 2.10 bits per heavy atom. The third kappa shape index (κ3) is 1.00. The normalized spacial score (nSPS) is 36.8. The highest BCUT2D eigenvalue weighted by Crippen LogP contribution is 2.45. The molecule has 0 aliphatic heterocycles. The minimum Gasteiger partial charge on any atom is -0.281 e. The first-order valence-electron chi connectivity index (χ1n) is 2.66.